The molecule has 0 bridgehead atoms. The number of ether oxygens (including phenoxy) is 2. The van der Waals surface area contributed by atoms with E-state index in [1.807, 2.05) is 42.5 Å². The fourth-order valence-electron chi connectivity index (χ4n) is 2.94. The van der Waals surface area contributed by atoms with Crippen molar-refractivity contribution in [1.29, 1.82) is 0 Å². The van der Waals surface area contributed by atoms with E-state index in [-0.39, 0.29) is 0 Å². The van der Waals surface area contributed by atoms with Crippen molar-refractivity contribution in [3.63, 3.8) is 0 Å². The van der Waals surface area contributed by atoms with E-state index in [2.05, 4.69) is 16.8 Å². The van der Waals surface area contributed by atoms with E-state index < -0.39 is 0 Å². The molecule has 1 heterocycles. The van der Waals surface area contributed by atoms with Crippen molar-refractivity contribution in [2.75, 3.05) is 40.3 Å². The predicted octanol–water partition coefficient (Wildman–Crippen LogP) is 3.85. The van der Waals surface area contributed by atoms with Gasteiger partial charge in [-0.05, 0) is 25.2 Å². The monoisotopic (exact) mass is 390 g/mol. The summed E-state index contributed by atoms with van der Waals surface area (Å²) in [6.45, 7) is 4.19. The van der Waals surface area contributed by atoms with Crippen LogP contribution < -0.4 is 9.47 Å². The number of piperazine rings is 1. The largest absolute Gasteiger partial charge is 0.493 e. The second-order valence-corrected chi connectivity index (χ2v) is 7.11. The quantitative estimate of drug-likeness (QED) is 0.722. The van der Waals surface area contributed by atoms with Crippen molar-refractivity contribution < 1.29 is 9.47 Å². The van der Waals surface area contributed by atoms with Crippen molar-refractivity contribution in [3.05, 3.63) is 58.6 Å². The molecular weight excluding hydrogens is 368 g/mol. The number of thiocarbonyl (C=S) groups is 1. The molecule has 1 aliphatic rings. The van der Waals surface area contributed by atoms with Crippen LogP contribution in [0, 0.1) is 0 Å². The van der Waals surface area contributed by atoms with Gasteiger partial charge in [0.2, 0.25) is 0 Å². The zero-order valence-electron chi connectivity index (χ0n) is 15.1. The van der Waals surface area contributed by atoms with Crippen LogP contribution in [0.3, 0.4) is 0 Å². The van der Waals surface area contributed by atoms with Gasteiger partial charge in [0.1, 0.15) is 11.6 Å². The van der Waals surface area contributed by atoms with Gasteiger partial charge in [-0.15, -0.1) is 0 Å². The number of nitrogens with zero attached hydrogens (tertiary/aromatic N) is 2. The third-order valence-electron chi connectivity index (χ3n) is 4.55. The van der Waals surface area contributed by atoms with Crippen molar-refractivity contribution in [1.82, 2.24) is 9.80 Å². The molecule has 0 N–H and O–H groups in total. The van der Waals surface area contributed by atoms with Gasteiger partial charge in [-0.2, -0.15) is 0 Å². The van der Waals surface area contributed by atoms with Crippen LogP contribution in [0.5, 0.6) is 11.5 Å². The Balaban J connectivity index is 1.84. The first kappa shape index (κ1) is 19.0. The summed E-state index contributed by atoms with van der Waals surface area (Å²) in [5, 5.41) is 0.686. The highest BCUT2D eigenvalue weighted by Crippen LogP contribution is 2.33. The number of benzene rings is 2. The Kier molecular flexibility index (Phi) is 6.35. The number of methoxy groups -OCH3 is 1. The van der Waals surface area contributed by atoms with E-state index in [9.17, 15) is 0 Å². The summed E-state index contributed by atoms with van der Waals surface area (Å²) in [5.41, 5.74) is 1.81. The van der Waals surface area contributed by atoms with Crippen LogP contribution in [0.25, 0.3) is 0 Å². The molecule has 0 saturated carbocycles. The van der Waals surface area contributed by atoms with Crippen molar-refractivity contribution in [3.8, 4) is 11.5 Å². The molecule has 0 amide bonds. The minimum atomic E-state index is 0.360. The number of para-hydroxylation sites is 1. The first-order valence-corrected chi connectivity index (χ1v) is 9.40. The first-order valence-electron chi connectivity index (χ1n) is 8.61. The number of rotatable bonds is 5. The Morgan fingerprint density at radius 2 is 1.81 bits per heavy atom. The molecule has 1 aliphatic heterocycles. The normalized spacial score (nSPS) is 15.0. The van der Waals surface area contributed by atoms with E-state index in [1.54, 1.807) is 7.11 Å². The van der Waals surface area contributed by atoms with Crippen LogP contribution in [-0.4, -0.2) is 55.1 Å². The van der Waals surface area contributed by atoms with Gasteiger partial charge < -0.3 is 19.3 Å². The Morgan fingerprint density at radius 3 is 2.50 bits per heavy atom. The molecule has 0 atom stereocenters. The van der Waals surface area contributed by atoms with Crippen molar-refractivity contribution in [2.45, 2.75) is 6.61 Å². The molecule has 3 rings (SSSR count). The fraction of sp³-hybridized carbons (Fsp3) is 0.350. The highest BCUT2D eigenvalue weighted by atomic mass is 35.5. The van der Waals surface area contributed by atoms with Gasteiger partial charge in [-0.1, -0.05) is 48.1 Å². The lowest BCUT2D eigenvalue weighted by Gasteiger charge is -2.34. The summed E-state index contributed by atoms with van der Waals surface area (Å²) in [6.07, 6.45) is 0. The standard InChI is InChI=1S/C20H23ClN2O2S/c1-22-10-12-23(13-11-22)20(26)16-7-5-9-18(24-2)19(16)25-14-15-6-3-4-8-17(15)21/h3-9H,10-14H2,1-2H3. The van der Waals surface area contributed by atoms with Gasteiger partial charge in [0.15, 0.2) is 11.5 Å². The predicted molar refractivity (Wildman–Crippen MR) is 110 cm³/mol. The minimum Gasteiger partial charge on any atom is -0.493 e. The molecule has 1 saturated heterocycles. The number of likely N-dealkylation sites (N-methyl/N-ethyl adjacent to an activating group) is 1. The lowest BCUT2D eigenvalue weighted by molar-refractivity contribution is 0.217. The zero-order chi connectivity index (χ0) is 18.5. The van der Waals surface area contributed by atoms with Gasteiger partial charge in [-0.25, -0.2) is 0 Å². The van der Waals surface area contributed by atoms with Crippen LogP contribution in [0.1, 0.15) is 11.1 Å². The van der Waals surface area contributed by atoms with Crippen LogP contribution in [0.2, 0.25) is 5.02 Å². The van der Waals surface area contributed by atoms with Crippen LogP contribution in [0.15, 0.2) is 42.5 Å². The molecule has 0 radical (unpaired) electrons. The summed E-state index contributed by atoms with van der Waals surface area (Å²) in [5.74, 6) is 1.34. The summed E-state index contributed by atoms with van der Waals surface area (Å²) in [6, 6.07) is 13.5. The summed E-state index contributed by atoms with van der Waals surface area (Å²) in [4.78, 5) is 5.33. The van der Waals surface area contributed by atoms with Crippen LogP contribution in [0.4, 0.5) is 0 Å². The third kappa shape index (κ3) is 4.29. The maximum Gasteiger partial charge on any atom is 0.171 e. The van der Waals surface area contributed by atoms with Crippen molar-refractivity contribution >= 4 is 28.8 Å². The van der Waals surface area contributed by atoms with Gasteiger partial charge in [0, 0.05) is 36.8 Å². The van der Waals surface area contributed by atoms with Crippen molar-refractivity contribution in [2.24, 2.45) is 0 Å². The van der Waals surface area contributed by atoms with E-state index in [1.165, 1.54) is 0 Å². The van der Waals surface area contributed by atoms with Gasteiger partial charge >= 0.3 is 0 Å². The van der Waals surface area contributed by atoms with E-state index >= 15 is 0 Å². The Hall–Kier alpha value is -1.82. The van der Waals surface area contributed by atoms with Gasteiger partial charge in [0.05, 0.1) is 12.7 Å². The van der Waals surface area contributed by atoms with E-state index in [0.29, 0.717) is 23.1 Å². The highest BCUT2D eigenvalue weighted by Gasteiger charge is 2.22. The first-order chi connectivity index (χ1) is 12.6. The summed E-state index contributed by atoms with van der Waals surface area (Å²) >= 11 is 12.0. The molecule has 1 fully saturated rings. The lowest BCUT2D eigenvalue weighted by atomic mass is 10.1. The molecule has 0 unspecified atom stereocenters. The molecule has 0 aromatic heterocycles. The molecule has 2 aromatic carbocycles. The average Bonchev–Trinajstić information content (AvgIpc) is 2.67. The molecule has 6 heteroatoms. The lowest BCUT2D eigenvalue weighted by Crippen LogP contribution is -2.46. The Bertz CT molecular complexity index is 776. The molecule has 2 aromatic rings. The second-order valence-electron chi connectivity index (χ2n) is 6.31. The Morgan fingerprint density at radius 1 is 1.08 bits per heavy atom. The molecule has 4 nitrogen and oxygen atoms in total. The van der Waals surface area contributed by atoms with Gasteiger partial charge in [0.25, 0.3) is 0 Å². The maximum absolute atomic E-state index is 6.25. The fourth-order valence-corrected chi connectivity index (χ4v) is 3.47. The summed E-state index contributed by atoms with van der Waals surface area (Å²) in [7, 11) is 3.77. The SMILES string of the molecule is COc1cccc(C(=S)N2CCN(C)CC2)c1OCc1ccccc1Cl. The molecule has 138 valence electrons. The topological polar surface area (TPSA) is 24.9 Å². The van der Waals surface area contributed by atoms with Gasteiger partial charge in [-0.3, -0.25) is 0 Å². The molecule has 26 heavy (non-hydrogen) atoms. The van der Waals surface area contributed by atoms with E-state index in [0.717, 1.165) is 42.3 Å². The number of hydrogen-bond donors (Lipinski definition) is 0. The minimum absolute atomic E-state index is 0.360. The average molecular weight is 391 g/mol. The zero-order valence-corrected chi connectivity index (χ0v) is 16.6. The van der Waals surface area contributed by atoms with E-state index in [4.69, 9.17) is 33.3 Å². The maximum atomic E-state index is 6.25. The third-order valence-corrected chi connectivity index (χ3v) is 5.40. The number of halogens is 1. The van der Waals surface area contributed by atoms with Crippen LogP contribution >= 0.6 is 23.8 Å². The smallest absolute Gasteiger partial charge is 0.171 e. The highest BCUT2D eigenvalue weighted by molar-refractivity contribution is 7.80. The Labute approximate surface area is 165 Å². The second kappa shape index (κ2) is 8.71. The summed E-state index contributed by atoms with van der Waals surface area (Å²) < 4.78 is 11.6. The van der Waals surface area contributed by atoms with Crippen LogP contribution in [-0.2, 0) is 6.61 Å². The number of hydrogen-bond acceptors (Lipinski definition) is 4. The molecule has 0 aliphatic carbocycles. The molecular formula is C20H23ClN2O2S. The molecule has 0 spiro atoms.